The number of hydrogen-bond donors (Lipinski definition) is 0. The van der Waals surface area contributed by atoms with E-state index in [9.17, 15) is 13.2 Å². The van der Waals surface area contributed by atoms with Gasteiger partial charge < -0.3 is 4.90 Å². The van der Waals surface area contributed by atoms with E-state index < -0.39 is 10.0 Å². The van der Waals surface area contributed by atoms with Gasteiger partial charge in [-0.15, -0.1) is 0 Å². The van der Waals surface area contributed by atoms with Gasteiger partial charge in [-0.3, -0.25) is 4.79 Å². The first-order chi connectivity index (χ1) is 12.6. The summed E-state index contributed by atoms with van der Waals surface area (Å²) in [6.45, 7) is 1.20. The van der Waals surface area contributed by atoms with Gasteiger partial charge in [0.05, 0.1) is 22.8 Å². The van der Waals surface area contributed by atoms with Crippen LogP contribution >= 0.6 is 11.7 Å². The Bertz CT molecular complexity index is 1040. The van der Waals surface area contributed by atoms with Crippen molar-refractivity contribution in [2.45, 2.75) is 4.90 Å². The van der Waals surface area contributed by atoms with Crippen LogP contribution in [-0.2, 0) is 10.0 Å². The van der Waals surface area contributed by atoms with Gasteiger partial charge in [0.1, 0.15) is 0 Å². The molecule has 2 heterocycles. The maximum atomic E-state index is 12.9. The number of carbonyl (C=O) groups excluding carboxylic acids is 1. The Hall–Kier alpha value is -2.36. The fourth-order valence-electron chi connectivity index (χ4n) is 3.03. The van der Waals surface area contributed by atoms with Gasteiger partial charge in [0.15, 0.2) is 5.69 Å². The number of sulfonamides is 1. The predicted octanol–water partition coefficient (Wildman–Crippen LogP) is 1.84. The van der Waals surface area contributed by atoms with Crippen molar-refractivity contribution in [3.63, 3.8) is 0 Å². The topological polar surface area (TPSA) is 83.5 Å². The summed E-state index contributed by atoms with van der Waals surface area (Å²) in [7, 11) is -3.59. The van der Waals surface area contributed by atoms with Crippen molar-refractivity contribution < 1.29 is 13.2 Å². The van der Waals surface area contributed by atoms with E-state index in [0.717, 1.165) is 22.5 Å². The van der Waals surface area contributed by atoms with E-state index in [-0.39, 0.29) is 23.9 Å². The van der Waals surface area contributed by atoms with Gasteiger partial charge >= 0.3 is 0 Å². The third kappa shape index (κ3) is 3.09. The molecule has 3 aromatic rings. The SMILES string of the molecule is O=C(c1cnsn1)N1CCN(S(=O)(=O)c2ccc3ccccc3c2)CC1. The highest BCUT2D eigenvalue weighted by Gasteiger charge is 2.31. The molecule has 26 heavy (non-hydrogen) atoms. The molecular formula is C17H16N4O3S2. The lowest BCUT2D eigenvalue weighted by Crippen LogP contribution is -2.50. The molecule has 1 aromatic heterocycles. The van der Waals surface area contributed by atoms with Crippen molar-refractivity contribution in [3.05, 3.63) is 54.4 Å². The van der Waals surface area contributed by atoms with Crippen LogP contribution in [0, 0.1) is 0 Å². The van der Waals surface area contributed by atoms with Crippen molar-refractivity contribution in [2.75, 3.05) is 26.2 Å². The summed E-state index contributed by atoms with van der Waals surface area (Å²) < 4.78 is 35.1. The zero-order valence-corrected chi connectivity index (χ0v) is 15.4. The molecule has 0 aliphatic carbocycles. The van der Waals surface area contributed by atoms with Gasteiger partial charge in [0, 0.05) is 26.2 Å². The smallest absolute Gasteiger partial charge is 0.275 e. The van der Waals surface area contributed by atoms with Crippen molar-refractivity contribution >= 4 is 38.4 Å². The number of amides is 1. The minimum Gasteiger partial charge on any atom is -0.335 e. The van der Waals surface area contributed by atoms with Gasteiger partial charge in [0.2, 0.25) is 10.0 Å². The zero-order chi connectivity index (χ0) is 18.1. The third-order valence-corrected chi connectivity index (χ3v) is 6.84. The molecule has 0 spiro atoms. The molecule has 0 N–H and O–H groups in total. The Morgan fingerprint density at radius 1 is 1.00 bits per heavy atom. The van der Waals surface area contributed by atoms with Crippen LogP contribution < -0.4 is 0 Å². The Balaban J connectivity index is 1.51. The van der Waals surface area contributed by atoms with Gasteiger partial charge in [-0.05, 0) is 22.9 Å². The molecule has 2 aromatic carbocycles. The predicted molar refractivity (Wildman–Crippen MR) is 98.5 cm³/mol. The molecule has 0 bridgehead atoms. The third-order valence-electron chi connectivity index (χ3n) is 4.46. The van der Waals surface area contributed by atoms with E-state index in [2.05, 4.69) is 8.75 Å². The van der Waals surface area contributed by atoms with Crippen LogP contribution in [0.4, 0.5) is 0 Å². The summed E-state index contributed by atoms with van der Waals surface area (Å²) in [5, 5.41) is 1.89. The lowest BCUT2D eigenvalue weighted by atomic mass is 10.1. The first-order valence-corrected chi connectivity index (χ1v) is 10.3. The van der Waals surface area contributed by atoms with Gasteiger partial charge in [-0.25, -0.2) is 8.42 Å². The fourth-order valence-corrected chi connectivity index (χ4v) is 4.89. The fraction of sp³-hybridized carbons (Fsp3) is 0.235. The van der Waals surface area contributed by atoms with Crippen LogP contribution in [0.25, 0.3) is 10.8 Å². The molecule has 1 amide bonds. The van der Waals surface area contributed by atoms with Crippen molar-refractivity contribution in [1.29, 1.82) is 0 Å². The second-order valence-corrected chi connectivity index (χ2v) is 8.49. The van der Waals surface area contributed by atoms with Gasteiger partial charge in [-0.1, -0.05) is 30.3 Å². The number of carbonyl (C=O) groups is 1. The van der Waals surface area contributed by atoms with Crippen LogP contribution in [0.5, 0.6) is 0 Å². The van der Waals surface area contributed by atoms with Crippen molar-refractivity contribution in [2.24, 2.45) is 0 Å². The number of fused-ring (bicyclic) bond motifs is 1. The molecule has 0 saturated carbocycles. The molecule has 0 unspecified atom stereocenters. The van der Waals surface area contributed by atoms with Gasteiger partial charge in [0.25, 0.3) is 5.91 Å². The maximum Gasteiger partial charge on any atom is 0.275 e. The summed E-state index contributed by atoms with van der Waals surface area (Å²) in [6, 6.07) is 12.8. The Labute approximate surface area is 155 Å². The zero-order valence-electron chi connectivity index (χ0n) is 13.8. The molecule has 0 atom stereocenters. The summed E-state index contributed by atoms with van der Waals surface area (Å²) in [4.78, 5) is 14.2. The molecule has 9 heteroatoms. The summed E-state index contributed by atoms with van der Waals surface area (Å²) in [6.07, 6.45) is 1.44. The van der Waals surface area contributed by atoms with E-state index in [1.807, 2.05) is 30.3 Å². The van der Waals surface area contributed by atoms with E-state index in [4.69, 9.17) is 0 Å². The highest BCUT2D eigenvalue weighted by atomic mass is 32.2. The molecule has 1 saturated heterocycles. The molecule has 4 rings (SSSR count). The number of aromatic nitrogens is 2. The summed E-state index contributed by atoms with van der Waals surface area (Å²) in [5.74, 6) is -0.207. The lowest BCUT2D eigenvalue weighted by molar-refractivity contribution is 0.0693. The van der Waals surface area contributed by atoms with Crippen LogP contribution in [0.1, 0.15) is 10.5 Å². The van der Waals surface area contributed by atoms with Gasteiger partial charge in [-0.2, -0.15) is 13.1 Å². The molecule has 1 aliphatic heterocycles. The van der Waals surface area contributed by atoms with Crippen LogP contribution in [0.2, 0.25) is 0 Å². The normalized spacial score (nSPS) is 16.1. The largest absolute Gasteiger partial charge is 0.335 e. The Morgan fingerprint density at radius 2 is 1.73 bits per heavy atom. The summed E-state index contributed by atoms with van der Waals surface area (Å²) in [5.41, 5.74) is 0.306. The Morgan fingerprint density at radius 3 is 2.42 bits per heavy atom. The van der Waals surface area contributed by atoms with E-state index in [0.29, 0.717) is 18.8 Å². The number of piperazine rings is 1. The van der Waals surface area contributed by atoms with Crippen LogP contribution in [0.3, 0.4) is 0 Å². The Kier molecular flexibility index (Phi) is 4.43. The van der Waals surface area contributed by atoms with Crippen molar-refractivity contribution in [1.82, 2.24) is 18.0 Å². The summed E-state index contributed by atoms with van der Waals surface area (Å²) >= 11 is 0.981. The standard InChI is InChI=1S/C17H16N4O3S2/c22-17(16-12-18-25-19-16)20-7-9-21(10-8-20)26(23,24)15-6-5-13-3-1-2-4-14(13)11-15/h1-6,11-12H,7-10H2. The molecular weight excluding hydrogens is 372 g/mol. The molecule has 1 aliphatic rings. The molecule has 7 nitrogen and oxygen atoms in total. The number of rotatable bonds is 3. The lowest BCUT2D eigenvalue weighted by Gasteiger charge is -2.33. The van der Waals surface area contributed by atoms with Crippen LogP contribution in [0.15, 0.2) is 53.6 Å². The number of hydrogen-bond acceptors (Lipinski definition) is 6. The minimum atomic E-state index is -3.59. The average molecular weight is 388 g/mol. The number of benzene rings is 2. The van der Waals surface area contributed by atoms with E-state index >= 15 is 0 Å². The second kappa shape index (κ2) is 6.75. The minimum absolute atomic E-state index is 0.207. The highest BCUT2D eigenvalue weighted by molar-refractivity contribution is 7.89. The maximum absolute atomic E-state index is 12.9. The van der Waals surface area contributed by atoms with Crippen LogP contribution in [-0.4, -0.2) is 58.5 Å². The molecule has 1 fully saturated rings. The first-order valence-electron chi connectivity index (χ1n) is 8.11. The first kappa shape index (κ1) is 17.1. The van der Waals surface area contributed by atoms with E-state index in [1.165, 1.54) is 10.5 Å². The monoisotopic (exact) mass is 388 g/mol. The average Bonchev–Trinajstić information content (AvgIpc) is 3.22. The highest BCUT2D eigenvalue weighted by Crippen LogP contribution is 2.23. The molecule has 134 valence electrons. The van der Waals surface area contributed by atoms with Crippen molar-refractivity contribution in [3.8, 4) is 0 Å². The quantitative estimate of drug-likeness (QED) is 0.684. The number of nitrogens with zero attached hydrogens (tertiary/aromatic N) is 4. The molecule has 0 radical (unpaired) electrons. The second-order valence-electron chi connectivity index (χ2n) is 6.00. The van der Waals surface area contributed by atoms with E-state index in [1.54, 1.807) is 17.0 Å².